The van der Waals surface area contributed by atoms with Gasteiger partial charge in [0, 0.05) is 48.0 Å². The second-order valence-corrected chi connectivity index (χ2v) is 11.3. The quantitative estimate of drug-likeness (QED) is 0.280. The zero-order valence-corrected chi connectivity index (χ0v) is 23.0. The molecule has 0 radical (unpaired) electrons. The molecule has 1 unspecified atom stereocenters. The number of ether oxygens (including phenoxy) is 1. The zero-order valence-electron chi connectivity index (χ0n) is 23.0. The first-order valence-corrected chi connectivity index (χ1v) is 14.6. The van der Waals surface area contributed by atoms with Crippen LogP contribution in [-0.4, -0.2) is 44.5 Å². The van der Waals surface area contributed by atoms with Crippen LogP contribution in [0.15, 0.2) is 73.1 Å². The third-order valence-electron chi connectivity index (χ3n) is 8.64. The molecule has 0 spiro atoms. The number of benzene rings is 2. The molecule has 2 aliphatic rings. The van der Waals surface area contributed by atoms with E-state index < -0.39 is 0 Å². The van der Waals surface area contributed by atoms with Crippen LogP contribution in [-0.2, 0) is 9.53 Å². The molecule has 1 saturated carbocycles. The van der Waals surface area contributed by atoms with Gasteiger partial charge in [0.2, 0.25) is 5.91 Å². The van der Waals surface area contributed by atoms with Gasteiger partial charge in [0.25, 0.3) is 0 Å². The monoisotopic (exact) mass is 546 g/mol. The van der Waals surface area contributed by atoms with E-state index in [-0.39, 0.29) is 12.0 Å². The number of amides is 1. The fourth-order valence-electron chi connectivity index (χ4n) is 6.38. The maximum absolute atomic E-state index is 12.4. The van der Waals surface area contributed by atoms with Crippen LogP contribution in [0.1, 0.15) is 50.3 Å². The van der Waals surface area contributed by atoms with Gasteiger partial charge in [-0.3, -0.25) is 9.20 Å². The highest BCUT2D eigenvalue weighted by Gasteiger charge is 2.29. The van der Waals surface area contributed by atoms with Crippen molar-refractivity contribution in [3.8, 4) is 22.5 Å². The summed E-state index contributed by atoms with van der Waals surface area (Å²) in [6.45, 7) is 1.40. The molecule has 2 fully saturated rings. The molecule has 2 aromatic carbocycles. The van der Waals surface area contributed by atoms with Gasteiger partial charge in [-0.2, -0.15) is 0 Å². The highest BCUT2D eigenvalue weighted by molar-refractivity contribution is 5.91. The van der Waals surface area contributed by atoms with Crippen LogP contribution >= 0.6 is 0 Å². The molecule has 208 valence electrons. The van der Waals surface area contributed by atoms with Crippen molar-refractivity contribution in [3.05, 3.63) is 78.9 Å². The molecule has 1 atom stereocenters. The molecule has 1 aliphatic heterocycles. The van der Waals surface area contributed by atoms with Crippen molar-refractivity contribution in [2.45, 2.75) is 50.5 Å². The summed E-state index contributed by atoms with van der Waals surface area (Å²) in [6.07, 6.45) is 9.36. The Morgan fingerprint density at radius 2 is 1.80 bits per heavy atom. The molecule has 0 bridgehead atoms. The summed E-state index contributed by atoms with van der Waals surface area (Å²) in [4.78, 5) is 27.0. The lowest BCUT2D eigenvalue weighted by Crippen LogP contribution is -2.37. The number of hydrogen-bond acceptors (Lipinski definition) is 6. The van der Waals surface area contributed by atoms with Crippen LogP contribution in [0.3, 0.4) is 0 Å². The number of pyridine rings is 1. The number of carbonyl (C=O) groups excluding carboxylic acids is 1. The average molecular weight is 547 g/mol. The maximum atomic E-state index is 12.4. The second kappa shape index (κ2) is 10.9. The number of nitrogens with two attached hydrogens (primary N) is 1. The number of anilines is 1. The van der Waals surface area contributed by atoms with Crippen molar-refractivity contribution < 1.29 is 9.53 Å². The van der Waals surface area contributed by atoms with E-state index in [1.54, 1.807) is 6.20 Å². The van der Waals surface area contributed by atoms with Gasteiger partial charge in [-0.25, -0.2) is 15.0 Å². The summed E-state index contributed by atoms with van der Waals surface area (Å²) < 4.78 is 7.65. The topological polar surface area (TPSA) is 107 Å². The fraction of sp³-hybridized carbons (Fsp3) is 0.333. The van der Waals surface area contributed by atoms with Crippen LogP contribution in [0.4, 0.5) is 5.82 Å². The van der Waals surface area contributed by atoms with Gasteiger partial charge in [0.1, 0.15) is 29.0 Å². The van der Waals surface area contributed by atoms with E-state index in [1.165, 1.54) is 0 Å². The Morgan fingerprint density at radius 1 is 0.976 bits per heavy atom. The number of nitrogen functional groups attached to an aromatic ring is 1. The highest BCUT2D eigenvalue weighted by atomic mass is 16.5. The van der Waals surface area contributed by atoms with E-state index >= 15 is 0 Å². The number of nitrogens with zero attached hydrogens (tertiary/aromatic N) is 4. The molecule has 7 rings (SSSR count). The molecule has 1 aliphatic carbocycles. The summed E-state index contributed by atoms with van der Waals surface area (Å²) in [6, 6.07) is 20.7. The number of carbonyl (C=O) groups is 1. The number of hydrogen-bond donors (Lipinski definition) is 2. The second-order valence-electron chi connectivity index (χ2n) is 11.3. The molecule has 1 amide bonds. The SMILES string of the molecule is Nc1nccn2c1c(-c1ccc3ccc(-c4ccccc4)nc3c1)nc2[C@H]1CC[C@H](CNC(=O)C2CCCO2)CC1. The molecular formula is C33H34N6O2. The van der Waals surface area contributed by atoms with Crippen molar-refractivity contribution in [2.24, 2.45) is 5.92 Å². The van der Waals surface area contributed by atoms with Gasteiger partial charge < -0.3 is 15.8 Å². The fourth-order valence-corrected chi connectivity index (χ4v) is 6.38. The summed E-state index contributed by atoms with van der Waals surface area (Å²) in [5.74, 6) is 2.32. The standard InChI is InChI=1S/C33H34N6O2/c34-31-30-29(25-13-12-23-14-15-26(37-27(23)19-25)22-5-2-1-3-6-22)38-32(39(30)17-16-35-31)24-10-8-21(9-11-24)20-36-33(40)28-7-4-18-41-28/h1-3,5-6,12-17,19,21,24,28H,4,7-11,18,20H2,(H2,34,35)(H,36,40)/t21-,24-,28?. The van der Waals surface area contributed by atoms with E-state index in [0.29, 0.717) is 30.8 Å². The van der Waals surface area contributed by atoms with Crippen molar-refractivity contribution in [2.75, 3.05) is 18.9 Å². The van der Waals surface area contributed by atoms with Gasteiger partial charge in [0.15, 0.2) is 0 Å². The number of rotatable bonds is 6. The largest absolute Gasteiger partial charge is 0.382 e. The van der Waals surface area contributed by atoms with Crippen LogP contribution in [0, 0.1) is 5.92 Å². The predicted octanol–water partition coefficient (Wildman–Crippen LogP) is 5.76. The third-order valence-corrected chi connectivity index (χ3v) is 8.64. The van der Waals surface area contributed by atoms with Crippen LogP contribution in [0.2, 0.25) is 0 Å². The van der Waals surface area contributed by atoms with E-state index in [2.05, 4.69) is 57.2 Å². The average Bonchev–Trinajstić information content (AvgIpc) is 3.70. The Kier molecular flexibility index (Phi) is 6.84. The van der Waals surface area contributed by atoms with Crippen LogP contribution in [0.5, 0.6) is 0 Å². The molecule has 8 heteroatoms. The van der Waals surface area contributed by atoms with Crippen molar-refractivity contribution in [1.82, 2.24) is 24.7 Å². The Hall–Kier alpha value is -4.30. The zero-order chi connectivity index (χ0) is 27.8. The first-order chi connectivity index (χ1) is 20.1. The molecule has 8 nitrogen and oxygen atoms in total. The number of fused-ring (bicyclic) bond motifs is 2. The highest BCUT2D eigenvalue weighted by Crippen LogP contribution is 2.39. The first kappa shape index (κ1) is 25.7. The number of aromatic nitrogens is 4. The Morgan fingerprint density at radius 3 is 2.61 bits per heavy atom. The lowest BCUT2D eigenvalue weighted by atomic mass is 9.81. The van der Waals surface area contributed by atoms with Gasteiger partial charge in [-0.1, -0.05) is 48.5 Å². The van der Waals surface area contributed by atoms with E-state index in [0.717, 1.165) is 83.3 Å². The molecule has 3 aromatic heterocycles. The van der Waals surface area contributed by atoms with E-state index in [4.69, 9.17) is 20.4 Å². The Balaban J connectivity index is 1.15. The minimum Gasteiger partial charge on any atom is -0.382 e. The number of nitrogens with one attached hydrogen (secondary N) is 1. The van der Waals surface area contributed by atoms with Gasteiger partial charge in [0.05, 0.1) is 11.2 Å². The lowest BCUT2D eigenvalue weighted by molar-refractivity contribution is -0.130. The molecule has 41 heavy (non-hydrogen) atoms. The molecule has 3 N–H and O–H groups in total. The first-order valence-electron chi connectivity index (χ1n) is 14.6. The maximum Gasteiger partial charge on any atom is 0.249 e. The minimum atomic E-state index is -0.268. The smallest absolute Gasteiger partial charge is 0.249 e. The summed E-state index contributed by atoms with van der Waals surface area (Å²) in [5, 5.41) is 4.20. The minimum absolute atomic E-state index is 0.0391. The molecule has 4 heterocycles. The summed E-state index contributed by atoms with van der Waals surface area (Å²) >= 11 is 0. The lowest BCUT2D eigenvalue weighted by Gasteiger charge is -2.28. The van der Waals surface area contributed by atoms with Gasteiger partial charge in [-0.05, 0) is 56.6 Å². The molecule has 5 aromatic rings. The van der Waals surface area contributed by atoms with Gasteiger partial charge >= 0.3 is 0 Å². The van der Waals surface area contributed by atoms with Gasteiger partial charge in [-0.15, -0.1) is 0 Å². The van der Waals surface area contributed by atoms with E-state index in [9.17, 15) is 4.79 Å². The Bertz CT molecular complexity index is 1700. The van der Waals surface area contributed by atoms with Crippen molar-refractivity contribution in [3.63, 3.8) is 0 Å². The van der Waals surface area contributed by atoms with E-state index in [1.807, 2.05) is 24.4 Å². The van der Waals surface area contributed by atoms with Crippen LogP contribution < -0.4 is 11.1 Å². The Labute approximate surface area is 239 Å². The summed E-state index contributed by atoms with van der Waals surface area (Å²) in [5.41, 5.74) is 12.1. The summed E-state index contributed by atoms with van der Waals surface area (Å²) in [7, 11) is 0. The predicted molar refractivity (Wildman–Crippen MR) is 160 cm³/mol. The number of imidazole rings is 1. The van der Waals surface area contributed by atoms with Crippen molar-refractivity contribution in [1.29, 1.82) is 0 Å². The van der Waals surface area contributed by atoms with Crippen molar-refractivity contribution >= 4 is 28.1 Å². The third kappa shape index (κ3) is 5.04. The molecule has 1 saturated heterocycles. The normalized spacial score (nSPS) is 20.9. The van der Waals surface area contributed by atoms with Crippen LogP contribution in [0.25, 0.3) is 38.9 Å². The molecular weight excluding hydrogens is 512 g/mol.